The van der Waals surface area contributed by atoms with Crippen molar-refractivity contribution in [3.8, 4) is 23.0 Å². The van der Waals surface area contributed by atoms with Gasteiger partial charge in [-0.25, -0.2) is 14.1 Å². The van der Waals surface area contributed by atoms with Crippen molar-refractivity contribution in [1.82, 2.24) is 20.1 Å². The zero-order chi connectivity index (χ0) is 23.1. The number of benzene rings is 1. The van der Waals surface area contributed by atoms with E-state index in [1.54, 1.807) is 30.1 Å². The number of ether oxygens (including phenoxy) is 1. The molecule has 1 aromatic carbocycles. The summed E-state index contributed by atoms with van der Waals surface area (Å²) in [7, 11) is 1.58. The molecule has 0 spiro atoms. The van der Waals surface area contributed by atoms with Gasteiger partial charge in [0.2, 0.25) is 0 Å². The van der Waals surface area contributed by atoms with Crippen LogP contribution < -0.4 is 10.2 Å². The molecule has 3 aromatic rings. The fourth-order valence-electron chi connectivity index (χ4n) is 4.41. The molecule has 0 bridgehead atoms. The van der Waals surface area contributed by atoms with Gasteiger partial charge in [0.15, 0.2) is 5.82 Å². The maximum Gasteiger partial charge on any atom is 0.255 e. The van der Waals surface area contributed by atoms with Crippen molar-refractivity contribution in [3.05, 3.63) is 59.2 Å². The molecule has 5 rings (SSSR count). The molecule has 1 unspecified atom stereocenters. The van der Waals surface area contributed by atoms with Crippen LogP contribution in [-0.4, -0.2) is 58.2 Å². The number of hydrogen-bond donors (Lipinski definition) is 2. The van der Waals surface area contributed by atoms with Gasteiger partial charge >= 0.3 is 0 Å². The molecule has 2 atom stereocenters. The third kappa shape index (κ3) is 3.61. The van der Waals surface area contributed by atoms with E-state index in [1.165, 1.54) is 18.2 Å². The second-order valence-corrected chi connectivity index (χ2v) is 8.00. The van der Waals surface area contributed by atoms with E-state index in [0.29, 0.717) is 42.3 Å². The molecule has 2 aliphatic heterocycles. The van der Waals surface area contributed by atoms with Gasteiger partial charge in [-0.2, -0.15) is 10.4 Å². The predicted molar refractivity (Wildman–Crippen MR) is 116 cm³/mol. The van der Waals surface area contributed by atoms with E-state index in [9.17, 15) is 19.6 Å². The molecule has 0 radical (unpaired) electrons. The highest BCUT2D eigenvalue weighted by Crippen LogP contribution is 2.32. The van der Waals surface area contributed by atoms with Gasteiger partial charge < -0.3 is 20.1 Å². The Bertz CT molecular complexity index is 1280. The normalized spacial score (nSPS) is 19.8. The molecule has 10 heteroatoms. The van der Waals surface area contributed by atoms with Crippen molar-refractivity contribution in [1.29, 1.82) is 5.26 Å². The first-order chi connectivity index (χ1) is 16.0. The standard InChI is InChI=1S/C23H21FN6O3/c1-33-19-5-7-29(12-18(19)31)20-6-8-30(28-20)17-9-15(27-16-11-26-23(32)22(16)17)21-13(10-25)3-2-4-14(21)24/h2-4,6,8-9,18-19,31H,5,7,11-12H2,1H3,(H,26,32)/t18-,19?/m1/s1. The molecule has 1 saturated heterocycles. The molecule has 168 valence electrons. The highest BCUT2D eigenvalue weighted by Gasteiger charge is 2.30. The molecule has 2 aliphatic rings. The van der Waals surface area contributed by atoms with E-state index in [-0.39, 0.29) is 35.4 Å². The van der Waals surface area contributed by atoms with Gasteiger partial charge in [0, 0.05) is 32.5 Å². The number of nitrogens with one attached hydrogen (secondary N) is 1. The van der Waals surface area contributed by atoms with Gasteiger partial charge in [-0.3, -0.25) is 4.79 Å². The maximum absolute atomic E-state index is 14.7. The van der Waals surface area contributed by atoms with Crippen LogP contribution in [0.25, 0.3) is 16.9 Å². The molecule has 4 heterocycles. The van der Waals surface area contributed by atoms with Crippen LogP contribution in [0, 0.1) is 17.1 Å². The van der Waals surface area contributed by atoms with E-state index >= 15 is 0 Å². The molecule has 2 aromatic heterocycles. The number of piperidine rings is 1. The van der Waals surface area contributed by atoms with E-state index in [0.717, 1.165) is 0 Å². The SMILES string of the molecule is COC1CCN(c2ccn(-c3cc(-c4c(F)cccc4C#N)nc4c3C(=O)NC4)n2)C[C@H]1O. The number of pyridine rings is 1. The first-order valence-electron chi connectivity index (χ1n) is 10.5. The molecular weight excluding hydrogens is 427 g/mol. The summed E-state index contributed by atoms with van der Waals surface area (Å²) in [4.78, 5) is 19.0. The number of anilines is 1. The zero-order valence-electron chi connectivity index (χ0n) is 17.8. The van der Waals surface area contributed by atoms with Crippen molar-refractivity contribution in [2.24, 2.45) is 0 Å². The summed E-state index contributed by atoms with van der Waals surface area (Å²) in [5.41, 5.74) is 1.76. The monoisotopic (exact) mass is 448 g/mol. The van der Waals surface area contributed by atoms with Crippen LogP contribution in [0.5, 0.6) is 0 Å². The second-order valence-electron chi connectivity index (χ2n) is 8.00. The summed E-state index contributed by atoms with van der Waals surface area (Å²) in [6.45, 7) is 1.24. The quantitative estimate of drug-likeness (QED) is 0.625. The van der Waals surface area contributed by atoms with Crippen molar-refractivity contribution >= 4 is 11.7 Å². The summed E-state index contributed by atoms with van der Waals surface area (Å²) in [6.07, 6.45) is 1.52. The minimum Gasteiger partial charge on any atom is -0.389 e. The number of aliphatic hydroxyl groups excluding tert-OH is 1. The summed E-state index contributed by atoms with van der Waals surface area (Å²) in [5.74, 6) is -0.222. The van der Waals surface area contributed by atoms with Crippen LogP contribution >= 0.6 is 0 Å². The molecule has 0 saturated carbocycles. The number of β-amino-alcohol motifs (C(OH)–C–C–N with tert-alkyl or cyclic N) is 1. The molecule has 1 fully saturated rings. The lowest BCUT2D eigenvalue weighted by Crippen LogP contribution is -2.47. The Morgan fingerprint density at radius 2 is 2.18 bits per heavy atom. The van der Waals surface area contributed by atoms with Crippen LogP contribution in [0.3, 0.4) is 0 Å². The van der Waals surface area contributed by atoms with Crippen LogP contribution in [0.1, 0.15) is 28.0 Å². The molecule has 9 nitrogen and oxygen atoms in total. The zero-order valence-corrected chi connectivity index (χ0v) is 17.8. The molecule has 33 heavy (non-hydrogen) atoms. The first kappa shape index (κ1) is 21.1. The summed E-state index contributed by atoms with van der Waals surface area (Å²) in [5, 5.41) is 27.1. The Morgan fingerprint density at radius 3 is 2.94 bits per heavy atom. The fourth-order valence-corrected chi connectivity index (χ4v) is 4.41. The van der Waals surface area contributed by atoms with Gasteiger partial charge in [0.25, 0.3) is 5.91 Å². The predicted octanol–water partition coefficient (Wildman–Crippen LogP) is 1.77. The number of halogens is 1. The number of aromatic nitrogens is 3. The average Bonchev–Trinajstić information content (AvgIpc) is 3.46. The summed E-state index contributed by atoms with van der Waals surface area (Å²) < 4.78 is 21.5. The van der Waals surface area contributed by atoms with Crippen LogP contribution in [-0.2, 0) is 11.3 Å². The number of aliphatic hydroxyl groups is 1. The highest BCUT2D eigenvalue weighted by atomic mass is 19.1. The van der Waals surface area contributed by atoms with Gasteiger partial charge in [0.05, 0.1) is 58.6 Å². The van der Waals surface area contributed by atoms with Crippen LogP contribution in [0.4, 0.5) is 10.2 Å². The largest absolute Gasteiger partial charge is 0.389 e. The van der Waals surface area contributed by atoms with E-state index in [4.69, 9.17) is 4.74 Å². The Balaban J connectivity index is 1.58. The number of rotatable bonds is 4. The number of fused-ring (bicyclic) bond motifs is 1. The fraction of sp³-hybridized carbons (Fsp3) is 0.304. The number of nitrogens with zero attached hydrogens (tertiary/aromatic N) is 5. The number of carbonyl (C=O) groups is 1. The van der Waals surface area contributed by atoms with E-state index in [1.807, 2.05) is 11.0 Å². The highest BCUT2D eigenvalue weighted by molar-refractivity contribution is 6.01. The lowest BCUT2D eigenvalue weighted by molar-refractivity contribution is -0.0218. The van der Waals surface area contributed by atoms with Gasteiger partial charge in [-0.1, -0.05) is 6.07 Å². The van der Waals surface area contributed by atoms with Gasteiger partial charge in [-0.05, 0) is 24.6 Å². The minimum absolute atomic E-state index is 0.0838. The van der Waals surface area contributed by atoms with Crippen molar-refractivity contribution in [3.63, 3.8) is 0 Å². The maximum atomic E-state index is 14.7. The number of methoxy groups -OCH3 is 1. The van der Waals surface area contributed by atoms with E-state index in [2.05, 4.69) is 15.4 Å². The number of hydrogen-bond acceptors (Lipinski definition) is 7. The van der Waals surface area contributed by atoms with E-state index < -0.39 is 11.9 Å². The average molecular weight is 448 g/mol. The Morgan fingerprint density at radius 1 is 1.33 bits per heavy atom. The molecule has 1 amide bonds. The number of amides is 1. The lowest BCUT2D eigenvalue weighted by atomic mass is 10.0. The molecule has 0 aliphatic carbocycles. The Kier molecular flexibility index (Phi) is 5.28. The molecule has 2 N–H and O–H groups in total. The third-order valence-corrected chi connectivity index (χ3v) is 6.08. The van der Waals surface area contributed by atoms with Crippen molar-refractivity contribution in [2.75, 3.05) is 25.1 Å². The second kappa shape index (κ2) is 8.27. The Hall–Kier alpha value is -3.81. The van der Waals surface area contributed by atoms with Crippen LogP contribution in [0.2, 0.25) is 0 Å². The minimum atomic E-state index is -0.637. The summed E-state index contributed by atoms with van der Waals surface area (Å²) >= 11 is 0. The molecular formula is C23H21FN6O3. The van der Waals surface area contributed by atoms with Crippen molar-refractivity contribution < 1.29 is 19.0 Å². The van der Waals surface area contributed by atoms with Crippen molar-refractivity contribution in [2.45, 2.75) is 25.2 Å². The number of nitriles is 1. The topological polar surface area (TPSA) is 116 Å². The Labute approximate surface area is 189 Å². The lowest BCUT2D eigenvalue weighted by Gasteiger charge is -2.35. The number of carbonyl (C=O) groups excluding carboxylic acids is 1. The van der Waals surface area contributed by atoms with Gasteiger partial charge in [-0.15, -0.1) is 0 Å². The first-order valence-corrected chi connectivity index (χ1v) is 10.5. The summed E-state index contributed by atoms with van der Waals surface area (Å²) in [6, 6.07) is 9.64. The smallest absolute Gasteiger partial charge is 0.255 e. The third-order valence-electron chi connectivity index (χ3n) is 6.08. The van der Waals surface area contributed by atoms with Gasteiger partial charge in [0.1, 0.15) is 5.82 Å². The van der Waals surface area contributed by atoms with Crippen LogP contribution in [0.15, 0.2) is 36.5 Å².